The van der Waals surface area contributed by atoms with Crippen LogP contribution in [0.3, 0.4) is 0 Å². The standard InChI is InChI=1S/C19H21ClN2O4/c1-25-16-4-2-3-5-17(16)26-13-19(24)22-11-10-21-18(23)12-14-6-8-15(20)9-7-14/h2-9H,10-13H2,1H3,(H,21,23)(H,22,24). The molecule has 0 spiro atoms. The van der Waals surface area contributed by atoms with E-state index in [0.717, 1.165) is 5.56 Å². The summed E-state index contributed by atoms with van der Waals surface area (Å²) in [5, 5.41) is 6.06. The SMILES string of the molecule is COc1ccccc1OCC(=O)NCCNC(=O)Cc1ccc(Cl)cc1. The number of carbonyl (C=O) groups is 2. The van der Waals surface area contributed by atoms with Crippen LogP contribution in [0.2, 0.25) is 5.02 Å². The third-order valence-corrected chi connectivity index (χ3v) is 3.73. The van der Waals surface area contributed by atoms with Gasteiger partial charge in [-0.25, -0.2) is 0 Å². The Bertz CT molecular complexity index is 735. The number of amides is 2. The normalized spacial score (nSPS) is 10.1. The molecule has 2 amide bonds. The van der Waals surface area contributed by atoms with Crippen molar-refractivity contribution in [3.8, 4) is 11.5 Å². The van der Waals surface area contributed by atoms with E-state index in [1.54, 1.807) is 42.5 Å². The Morgan fingerprint density at radius 2 is 1.54 bits per heavy atom. The number of methoxy groups -OCH3 is 1. The topological polar surface area (TPSA) is 76.7 Å². The fourth-order valence-corrected chi connectivity index (χ4v) is 2.31. The molecule has 0 aliphatic heterocycles. The molecule has 0 aliphatic carbocycles. The van der Waals surface area contributed by atoms with Crippen LogP contribution in [-0.4, -0.2) is 38.6 Å². The van der Waals surface area contributed by atoms with Crippen molar-refractivity contribution in [2.45, 2.75) is 6.42 Å². The van der Waals surface area contributed by atoms with Crippen molar-refractivity contribution in [1.29, 1.82) is 0 Å². The molecule has 0 unspecified atom stereocenters. The average Bonchev–Trinajstić information content (AvgIpc) is 2.65. The van der Waals surface area contributed by atoms with Crippen LogP contribution in [0, 0.1) is 0 Å². The zero-order valence-electron chi connectivity index (χ0n) is 14.5. The minimum Gasteiger partial charge on any atom is -0.493 e. The number of carbonyl (C=O) groups excluding carboxylic acids is 2. The first kappa shape index (κ1) is 19.6. The van der Waals surface area contributed by atoms with E-state index in [0.29, 0.717) is 29.6 Å². The number of para-hydroxylation sites is 2. The molecule has 6 nitrogen and oxygen atoms in total. The van der Waals surface area contributed by atoms with Gasteiger partial charge in [-0.1, -0.05) is 35.9 Å². The highest BCUT2D eigenvalue weighted by molar-refractivity contribution is 6.30. The molecule has 0 bridgehead atoms. The van der Waals surface area contributed by atoms with E-state index in [4.69, 9.17) is 21.1 Å². The van der Waals surface area contributed by atoms with Gasteiger partial charge in [0.2, 0.25) is 5.91 Å². The lowest BCUT2D eigenvalue weighted by atomic mass is 10.1. The first-order valence-electron chi connectivity index (χ1n) is 8.12. The molecule has 2 aromatic rings. The lowest BCUT2D eigenvalue weighted by Crippen LogP contribution is -2.37. The van der Waals surface area contributed by atoms with Gasteiger partial charge in [0, 0.05) is 18.1 Å². The highest BCUT2D eigenvalue weighted by Crippen LogP contribution is 2.25. The number of rotatable bonds is 9. The van der Waals surface area contributed by atoms with Gasteiger partial charge in [0.15, 0.2) is 18.1 Å². The van der Waals surface area contributed by atoms with Crippen molar-refractivity contribution >= 4 is 23.4 Å². The second-order valence-corrected chi connectivity index (χ2v) is 5.88. The van der Waals surface area contributed by atoms with Gasteiger partial charge in [0.25, 0.3) is 5.91 Å². The summed E-state index contributed by atoms with van der Waals surface area (Å²) in [7, 11) is 1.54. The molecule has 2 N–H and O–H groups in total. The molecule has 0 aliphatic rings. The van der Waals surface area contributed by atoms with Crippen molar-refractivity contribution in [3.05, 3.63) is 59.1 Å². The number of halogens is 1. The highest BCUT2D eigenvalue weighted by atomic mass is 35.5. The maximum absolute atomic E-state index is 11.8. The lowest BCUT2D eigenvalue weighted by Gasteiger charge is -2.11. The fraction of sp³-hybridized carbons (Fsp3) is 0.263. The molecule has 0 heterocycles. The fourth-order valence-electron chi connectivity index (χ4n) is 2.19. The Balaban J connectivity index is 1.62. The van der Waals surface area contributed by atoms with Gasteiger partial charge in [-0.2, -0.15) is 0 Å². The summed E-state index contributed by atoms with van der Waals surface area (Å²) in [5.74, 6) is 0.672. The summed E-state index contributed by atoms with van der Waals surface area (Å²) in [6.45, 7) is 0.534. The Morgan fingerprint density at radius 3 is 2.19 bits per heavy atom. The molecule has 0 aromatic heterocycles. The lowest BCUT2D eigenvalue weighted by molar-refractivity contribution is -0.124. The zero-order chi connectivity index (χ0) is 18.8. The summed E-state index contributed by atoms with van der Waals surface area (Å²) in [6, 6.07) is 14.2. The van der Waals surface area contributed by atoms with Crippen LogP contribution < -0.4 is 20.1 Å². The summed E-state index contributed by atoms with van der Waals surface area (Å²) in [6.07, 6.45) is 0.266. The second-order valence-electron chi connectivity index (χ2n) is 5.44. The Hall–Kier alpha value is -2.73. The van der Waals surface area contributed by atoms with E-state index in [9.17, 15) is 9.59 Å². The van der Waals surface area contributed by atoms with Crippen molar-refractivity contribution in [2.75, 3.05) is 26.8 Å². The van der Waals surface area contributed by atoms with Crippen LogP contribution in [0.25, 0.3) is 0 Å². The van der Waals surface area contributed by atoms with Gasteiger partial charge in [-0.05, 0) is 29.8 Å². The predicted octanol–water partition coefficient (Wildman–Crippen LogP) is 2.20. The number of hydrogen-bond donors (Lipinski definition) is 2. The van der Waals surface area contributed by atoms with Gasteiger partial charge in [0.05, 0.1) is 13.5 Å². The Labute approximate surface area is 157 Å². The monoisotopic (exact) mass is 376 g/mol. The van der Waals surface area contributed by atoms with Crippen LogP contribution in [0.5, 0.6) is 11.5 Å². The quantitative estimate of drug-likeness (QED) is 0.658. The molecule has 7 heteroatoms. The molecular formula is C19H21ClN2O4. The van der Waals surface area contributed by atoms with Crippen LogP contribution in [0.4, 0.5) is 0 Å². The molecule has 0 fully saturated rings. The minimum absolute atomic E-state index is 0.119. The Kier molecular flexibility index (Phi) is 7.76. The first-order chi connectivity index (χ1) is 12.6. The number of ether oxygens (including phenoxy) is 2. The van der Waals surface area contributed by atoms with Crippen molar-refractivity contribution in [2.24, 2.45) is 0 Å². The van der Waals surface area contributed by atoms with Gasteiger partial charge in [-0.3, -0.25) is 9.59 Å². The molecule has 0 saturated carbocycles. The van der Waals surface area contributed by atoms with E-state index < -0.39 is 0 Å². The number of nitrogens with one attached hydrogen (secondary N) is 2. The third kappa shape index (κ3) is 6.64. The van der Waals surface area contributed by atoms with Gasteiger partial charge in [0.1, 0.15) is 0 Å². The summed E-state index contributed by atoms with van der Waals surface area (Å²) >= 11 is 5.80. The smallest absolute Gasteiger partial charge is 0.258 e. The van der Waals surface area contributed by atoms with Crippen LogP contribution in [-0.2, 0) is 16.0 Å². The largest absolute Gasteiger partial charge is 0.493 e. The van der Waals surface area contributed by atoms with E-state index in [1.165, 1.54) is 7.11 Å². The molecule has 0 radical (unpaired) electrons. The van der Waals surface area contributed by atoms with Crippen molar-refractivity contribution in [3.63, 3.8) is 0 Å². The minimum atomic E-state index is -0.275. The predicted molar refractivity (Wildman–Crippen MR) is 99.7 cm³/mol. The van der Waals surface area contributed by atoms with Gasteiger partial charge < -0.3 is 20.1 Å². The maximum Gasteiger partial charge on any atom is 0.258 e. The number of hydrogen-bond acceptors (Lipinski definition) is 4. The van der Waals surface area contributed by atoms with Crippen LogP contribution in [0.15, 0.2) is 48.5 Å². The zero-order valence-corrected chi connectivity index (χ0v) is 15.2. The first-order valence-corrected chi connectivity index (χ1v) is 8.50. The third-order valence-electron chi connectivity index (χ3n) is 3.48. The molecule has 2 aromatic carbocycles. The van der Waals surface area contributed by atoms with Crippen LogP contribution in [0.1, 0.15) is 5.56 Å². The maximum atomic E-state index is 11.8. The van der Waals surface area contributed by atoms with E-state index in [2.05, 4.69) is 10.6 Å². The number of benzene rings is 2. The van der Waals surface area contributed by atoms with Crippen LogP contribution >= 0.6 is 11.6 Å². The molecule has 138 valence electrons. The van der Waals surface area contributed by atoms with E-state index in [-0.39, 0.29) is 24.8 Å². The molecule has 26 heavy (non-hydrogen) atoms. The molecular weight excluding hydrogens is 356 g/mol. The van der Waals surface area contributed by atoms with Gasteiger partial charge in [-0.15, -0.1) is 0 Å². The summed E-state index contributed by atoms with van der Waals surface area (Å²) < 4.78 is 10.6. The van der Waals surface area contributed by atoms with E-state index >= 15 is 0 Å². The Morgan fingerprint density at radius 1 is 0.923 bits per heavy atom. The van der Waals surface area contributed by atoms with Crippen molar-refractivity contribution in [1.82, 2.24) is 10.6 Å². The molecule has 0 saturated heterocycles. The summed E-state index contributed by atoms with van der Waals surface area (Å²) in [4.78, 5) is 23.6. The molecule has 0 atom stereocenters. The van der Waals surface area contributed by atoms with E-state index in [1.807, 2.05) is 6.07 Å². The average molecular weight is 377 g/mol. The molecule has 2 rings (SSSR count). The van der Waals surface area contributed by atoms with Gasteiger partial charge >= 0.3 is 0 Å². The highest BCUT2D eigenvalue weighted by Gasteiger charge is 2.07. The second kappa shape index (κ2) is 10.3. The van der Waals surface area contributed by atoms with Crippen molar-refractivity contribution < 1.29 is 19.1 Å². The summed E-state index contributed by atoms with van der Waals surface area (Å²) in [5.41, 5.74) is 0.876.